The molecule has 2 aliphatic rings. The number of nitrogens with zero attached hydrogens (tertiary/aromatic N) is 2. The number of hydrogen-bond acceptors (Lipinski definition) is 5. The van der Waals surface area contributed by atoms with Crippen molar-refractivity contribution in [2.24, 2.45) is 5.10 Å². The average molecular weight is 521 g/mol. The molecule has 1 unspecified atom stereocenters. The second kappa shape index (κ2) is 8.93. The number of anilines is 1. The average Bonchev–Trinajstić information content (AvgIpc) is 3.43. The van der Waals surface area contributed by atoms with E-state index in [1.165, 1.54) is 38.9 Å². The number of hydrogen-bond donors (Lipinski definition) is 0. The number of thioether (sulfide) groups is 2. The minimum Gasteiger partial charge on any atom is -0.292 e. The lowest BCUT2D eigenvalue weighted by Gasteiger charge is -2.37. The standard InChI is InChI=1S/C32H28N2OS2/c1-21-9-15-25(16-10-21)31(26-17-11-22(2)12-18-26)28-7-5-6-8-29(28)32(37-31)34(33-30(36-32)24(4)35)27-19-13-23(3)14-20-27/h5-20H,1-4H3. The molecule has 2 aliphatic heterocycles. The maximum atomic E-state index is 12.7. The first-order chi connectivity index (χ1) is 17.8. The zero-order valence-corrected chi connectivity index (χ0v) is 23.0. The van der Waals surface area contributed by atoms with Gasteiger partial charge in [0.2, 0.25) is 0 Å². The first-order valence-corrected chi connectivity index (χ1v) is 14.1. The van der Waals surface area contributed by atoms with Gasteiger partial charge in [-0.1, -0.05) is 125 Å². The smallest absolute Gasteiger partial charge is 0.187 e. The van der Waals surface area contributed by atoms with Gasteiger partial charge in [-0.15, -0.1) is 0 Å². The van der Waals surface area contributed by atoms with E-state index < -0.39 is 8.95 Å². The molecule has 2 heterocycles. The van der Waals surface area contributed by atoms with Gasteiger partial charge in [-0.3, -0.25) is 4.79 Å². The van der Waals surface area contributed by atoms with Crippen molar-refractivity contribution >= 4 is 40.0 Å². The van der Waals surface area contributed by atoms with E-state index >= 15 is 0 Å². The van der Waals surface area contributed by atoms with Gasteiger partial charge in [0.05, 0.1) is 10.4 Å². The summed E-state index contributed by atoms with van der Waals surface area (Å²) in [5, 5.41) is 7.55. The van der Waals surface area contributed by atoms with Crippen molar-refractivity contribution in [3.8, 4) is 0 Å². The van der Waals surface area contributed by atoms with E-state index in [1.807, 2.05) is 11.8 Å². The van der Waals surface area contributed by atoms with Crippen molar-refractivity contribution < 1.29 is 4.79 Å². The van der Waals surface area contributed by atoms with Crippen molar-refractivity contribution in [1.82, 2.24) is 0 Å². The summed E-state index contributed by atoms with van der Waals surface area (Å²) in [5.41, 5.74) is 9.46. The number of ketones is 1. The van der Waals surface area contributed by atoms with Crippen molar-refractivity contribution in [2.45, 2.75) is 36.6 Å². The van der Waals surface area contributed by atoms with Gasteiger partial charge in [0, 0.05) is 12.5 Å². The number of hydrazone groups is 1. The summed E-state index contributed by atoms with van der Waals surface area (Å²) in [6.07, 6.45) is 0. The van der Waals surface area contributed by atoms with E-state index in [4.69, 9.17) is 5.10 Å². The third kappa shape index (κ3) is 3.75. The number of rotatable bonds is 4. The van der Waals surface area contributed by atoms with E-state index in [9.17, 15) is 4.79 Å². The van der Waals surface area contributed by atoms with E-state index in [1.54, 1.807) is 18.7 Å². The number of fused-ring (bicyclic) bond motifs is 2. The predicted octanol–water partition coefficient (Wildman–Crippen LogP) is 7.92. The maximum absolute atomic E-state index is 12.7. The van der Waals surface area contributed by atoms with Gasteiger partial charge in [0.15, 0.2) is 15.0 Å². The van der Waals surface area contributed by atoms with Crippen LogP contribution in [-0.4, -0.2) is 10.8 Å². The first-order valence-electron chi connectivity index (χ1n) is 12.4. The quantitative estimate of drug-likeness (QED) is 0.274. The van der Waals surface area contributed by atoms with Gasteiger partial charge in [0.25, 0.3) is 0 Å². The van der Waals surface area contributed by atoms with E-state index in [0.717, 1.165) is 5.69 Å². The highest BCUT2D eigenvalue weighted by molar-refractivity contribution is 8.27. The van der Waals surface area contributed by atoms with Crippen LogP contribution in [0.3, 0.4) is 0 Å². The van der Waals surface area contributed by atoms with Crippen LogP contribution in [0.2, 0.25) is 0 Å². The Morgan fingerprint density at radius 3 is 1.70 bits per heavy atom. The number of carbonyl (C=O) groups is 1. The highest BCUT2D eigenvalue weighted by Gasteiger charge is 2.61. The third-order valence-corrected chi connectivity index (χ3v) is 10.5. The molecule has 3 nitrogen and oxygen atoms in total. The van der Waals surface area contributed by atoms with Crippen LogP contribution in [-0.2, 0) is 13.7 Å². The molecule has 0 aromatic heterocycles. The summed E-state index contributed by atoms with van der Waals surface area (Å²) in [4.78, 5) is 12.7. The lowest BCUT2D eigenvalue weighted by Crippen LogP contribution is -2.34. The lowest BCUT2D eigenvalue weighted by molar-refractivity contribution is -0.110. The van der Waals surface area contributed by atoms with Crippen LogP contribution in [0.1, 0.15) is 45.9 Å². The molecule has 0 saturated carbocycles. The molecule has 0 amide bonds. The van der Waals surface area contributed by atoms with Gasteiger partial charge in [0.1, 0.15) is 0 Å². The molecule has 0 aliphatic carbocycles. The Hall–Kier alpha value is -3.28. The molecular formula is C32H28N2OS2. The van der Waals surface area contributed by atoms with Gasteiger partial charge in [-0.25, -0.2) is 5.01 Å². The van der Waals surface area contributed by atoms with Crippen LogP contribution in [0, 0.1) is 20.8 Å². The van der Waals surface area contributed by atoms with Crippen LogP contribution >= 0.6 is 23.5 Å². The Bertz CT molecular complexity index is 1480. The van der Waals surface area contributed by atoms with E-state index in [-0.39, 0.29) is 5.78 Å². The van der Waals surface area contributed by atoms with Crippen LogP contribution in [0.4, 0.5) is 5.69 Å². The maximum Gasteiger partial charge on any atom is 0.187 e. The Morgan fingerprint density at radius 1 is 0.703 bits per heavy atom. The van der Waals surface area contributed by atoms with E-state index in [2.05, 4.69) is 123 Å². The summed E-state index contributed by atoms with van der Waals surface area (Å²) >= 11 is 3.43. The second-order valence-electron chi connectivity index (χ2n) is 9.85. The number of carbonyl (C=O) groups excluding carboxylic acids is 1. The zero-order chi connectivity index (χ0) is 25.8. The molecule has 4 aromatic rings. The zero-order valence-electron chi connectivity index (χ0n) is 21.4. The summed E-state index contributed by atoms with van der Waals surface area (Å²) in [7, 11) is 0. The molecule has 0 N–H and O–H groups in total. The van der Waals surface area contributed by atoms with Crippen molar-refractivity contribution in [2.75, 3.05) is 5.01 Å². The number of Topliss-reactive ketones (excluding diaryl/α,β-unsaturated/α-hetero) is 1. The normalized spacial score (nSPS) is 19.7. The SMILES string of the molecule is CC(=O)C1=NN(c2ccc(C)cc2)C2(S1)SC(c1ccc(C)cc1)(c1ccc(C)cc1)c1ccccc12. The fourth-order valence-electron chi connectivity index (χ4n) is 5.20. The van der Waals surface area contributed by atoms with Gasteiger partial charge >= 0.3 is 0 Å². The highest BCUT2D eigenvalue weighted by atomic mass is 32.2. The predicted molar refractivity (Wildman–Crippen MR) is 157 cm³/mol. The molecule has 4 aromatic carbocycles. The van der Waals surface area contributed by atoms with Crippen LogP contribution < -0.4 is 5.01 Å². The Balaban J connectivity index is 1.64. The summed E-state index contributed by atoms with van der Waals surface area (Å²) in [6.45, 7) is 7.94. The summed E-state index contributed by atoms with van der Waals surface area (Å²) in [5.74, 6) is -0.0137. The monoisotopic (exact) mass is 520 g/mol. The van der Waals surface area contributed by atoms with Crippen molar-refractivity contribution in [3.05, 3.63) is 136 Å². The molecule has 6 rings (SSSR count). The molecule has 37 heavy (non-hydrogen) atoms. The molecule has 0 radical (unpaired) electrons. The minimum absolute atomic E-state index is 0.0137. The van der Waals surface area contributed by atoms with Crippen molar-refractivity contribution in [3.63, 3.8) is 0 Å². The largest absolute Gasteiger partial charge is 0.292 e. The van der Waals surface area contributed by atoms with E-state index in [0.29, 0.717) is 5.04 Å². The number of aryl methyl sites for hydroxylation is 3. The molecule has 5 heteroatoms. The summed E-state index contributed by atoms with van der Waals surface area (Å²) < 4.78 is -1.11. The van der Waals surface area contributed by atoms with Crippen LogP contribution in [0.15, 0.2) is 102 Å². The lowest BCUT2D eigenvalue weighted by atomic mass is 9.81. The molecule has 1 spiro atoms. The van der Waals surface area contributed by atoms with Crippen LogP contribution in [0.5, 0.6) is 0 Å². The fourth-order valence-corrected chi connectivity index (χ4v) is 8.75. The molecule has 0 bridgehead atoms. The topological polar surface area (TPSA) is 32.7 Å². The minimum atomic E-state index is -0.636. The van der Waals surface area contributed by atoms with Crippen LogP contribution in [0.25, 0.3) is 0 Å². The molecule has 184 valence electrons. The Kier molecular flexibility index (Phi) is 5.81. The van der Waals surface area contributed by atoms with Gasteiger partial charge in [-0.2, -0.15) is 5.10 Å². The molecule has 0 saturated heterocycles. The first kappa shape index (κ1) is 24.1. The molecular weight excluding hydrogens is 492 g/mol. The van der Waals surface area contributed by atoms with Gasteiger partial charge in [-0.05, 0) is 49.6 Å². The Labute approximate surface area is 227 Å². The highest BCUT2D eigenvalue weighted by Crippen LogP contribution is 2.70. The molecule has 0 fully saturated rings. The molecule has 1 atom stereocenters. The van der Waals surface area contributed by atoms with Crippen molar-refractivity contribution in [1.29, 1.82) is 0 Å². The summed E-state index contributed by atoms with van der Waals surface area (Å²) in [6, 6.07) is 34.9. The third-order valence-electron chi connectivity index (χ3n) is 7.14. The second-order valence-corrected chi connectivity index (χ2v) is 12.7. The number of benzene rings is 4. The Morgan fingerprint density at radius 2 is 1.19 bits per heavy atom. The van der Waals surface area contributed by atoms with Gasteiger partial charge < -0.3 is 0 Å². The fraction of sp³-hybridized carbons (Fsp3) is 0.188.